The van der Waals surface area contributed by atoms with Gasteiger partial charge in [0.15, 0.2) is 6.10 Å². The number of rotatable bonds is 5. The maximum atomic E-state index is 13.2. The zero-order chi connectivity index (χ0) is 18.6. The molecule has 1 fully saturated rings. The zero-order valence-electron chi connectivity index (χ0n) is 15.2. The highest BCUT2D eigenvalue weighted by Crippen LogP contribution is 2.23. The van der Waals surface area contributed by atoms with Crippen molar-refractivity contribution < 1.29 is 19.1 Å². The number of esters is 1. The highest BCUT2D eigenvalue weighted by atomic mass is 16.5. The molecule has 0 saturated carbocycles. The number of hydrogen-bond donors (Lipinski definition) is 0. The van der Waals surface area contributed by atoms with Crippen LogP contribution in [0.1, 0.15) is 34.3 Å². The first-order valence-electron chi connectivity index (χ1n) is 9.44. The highest BCUT2D eigenvalue weighted by molar-refractivity contribution is 5.95. The second-order valence-corrected chi connectivity index (χ2v) is 7.09. The average Bonchev–Trinajstić information content (AvgIpc) is 3.21. The largest absolute Gasteiger partial charge is 0.448 e. The molecule has 1 amide bonds. The fraction of sp³-hybridized carbons (Fsp3) is 0.364. The van der Waals surface area contributed by atoms with Crippen LogP contribution in [0.4, 0.5) is 0 Å². The van der Waals surface area contributed by atoms with Crippen molar-refractivity contribution in [3.8, 4) is 0 Å². The summed E-state index contributed by atoms with van der Waals surface area (Å²) < 4.78 is 11.2. The number of hydrogen-bond acceptors (Lipinski definition) is 4. The van der Waals surface area contributed by atoms with Gasteiger partial charge in [-0.05, 0) is 30.0 Å². The fourth-order valence-electron chi connectivity index (χ4n) is 3.74. The van der Waals surface area contributed by atoms with Crippen molar-refractivity contribution in [3.05, 3.63) is 71.3 Å². The second kappa shape index (κ2) is 7.92. The van der Waals surface area contributed by atoms with E-state index in [4.69, 9.17) is 9.47 Å². The molecule has 4 rings (SSSR count). The van der Waals surface area contributed by atoms with Crippen molar-refractivity contribution in [3.63, 3.8) is 0 Å². The van der Waals surface area contributed by atoms with Gasteiger partial charge in [-0.2, -0.15) is 0 Å². The number of benzene rings is 2. The molecular formula is C22H23NO4. The minimum absolute atomic E-state index is 0.0456. The van der Waals surface area contributed by atoms with Crippen LogP contribution in [0, 0.1) is 0 Å². The summed E-state index contributed by atoms with van der Waals surface area (Å²) in [7, 11) is 0. The Morgan fingerprint density at radius 1 is 1.07 bits per heavy atom. The third kappa shape index (κ3) is 4.03. The molecule has 27 heavy (non-hydrogen) atoms. The monoisotopic (exact) mass is 365 g/mol. The molecule has 2 atom stereocenters. The van der Waals surface area contributed by atoms with Crippen molar-refractivity contribution in [2.45, 2.75) is 38.0 Å². The Bertz CT molecular complexity index is 814. The van der Waals surface area contributed by atoms with E-state index in [-0.39, 0.29) is 12.0 Å². The van der Waals surface area contributed by atoms with Crippen molar-refractivity contribution in [2.75, 3.05) is 13.2 Å². The van der Waals surface area contributed by atoms with Crippen LogP contribution in [0.2, 0.25) is 0 Å². The molecule has 0 aromatic heterocycles. The van der Waals surface area contributed by atoms with E-state index in [1.54, 1.807) is 17.0 Å². The van der Waals surface area contributed by atoms with Crippen LogP contribution in [-0.4, -0.2) is 42.1 Å². The lowest BCUT2D eigenvalue weighted by atomic mass is 9.98. The van der Waals surface area contributed by atoms with Gasteiger partial charge in [-0.3, -0.25) is 4.79 Å². The van der Waals surface area contributed by atoms with E-state index in [9.17, 15) is 9.59 Å². The zero-order valence-corrected chi connectivity index (χ0v) is 15.2. The Balaban J connectivity index is 1.53. The smallest absolute Gasteiger partial charge is 0.339 e. The Morgan fingerprint density at radius 3 is 2.63 bits per heavy atom. The molecule has 0 bridgehead atoms. The standard InChI is InChI=1S/C22H23NO4/c24-21(20-13-17-9-4-5-11-19(17)22(25)27-20)23(15-18-10-6-12-26-18)14-16-7-2-1-3-8-16/h1-5,7-9,11,18,20H,6,10,12-15H2/t18-,20-/m1/s1. The molecular weight excluding hydrogens is 342 g/mol. The van der Waals surface area contributed by atoms with Gasteiger partial charge in [-0.1, -0.05) is 48.5 Å². The lowest BCUT2D eigenvalue weighted by Crippen LogP contribution is -2.46. The molecule has 2 aromatic rings. The van der Waals surface area contributed by atoms with Crippen LogP contribution in [-0.2, 0) is 27.2 Å². The summed E-state index contributed by atoms with van der Waals surface area (Å²) in [5.41, 5.74) is 2.46. The first kappa shape index (κ1) is 17.7. The van der Waals surface area contributed by atoms with Gasteiger partial charge in [0.25, 0.3) is 5.91 Å². The summed E-state index contributed by atoms with van der Waals surface area (Å²) >= 11 is 0. The molecule has 0 N–H and O–H groups in total. The van der Waals surface area contributed by atoms with E-state index < -0.39 is 12.1 Å². The van der Waals surface area contributed by atoms with E-state index in [0.717, 1.165) is 30.6 Å². The van der Waals surface area contributed by atoms with Crippen LogP contribution in [0.3, 0.4) is 0 Å². The van der Waals surface area contributed by atoms with Crippen LogP contribution in [0.5, 0.6) is 0 Å². The minimum atomic E-state index is -0.780. The van der Waals surface area contributed by atoms with Crippen molar-refractivity contribution >= 4 is 11.9 Å². The first-order valence-corrected chi connectivity index (χ1v) is 9.44. The SMILES string of the molecule is O=C1O[C@@H](C(=O)N(Cc2ccccc2)C[C@H]2CCCO2)Cc2ccccc21. The minimum Gasteiger partial charge on any atom is -0.448 e. The van der Waals surface area contributed by atoms with Gasteiger partial charge in [0.2, 0.25) is 0 Å². The number of cyclic esters (lactones) is 1. The first-order chi connectivity index (χ1) is 13.2. The van der Waals surface area contributed by atoms with E-state index in [1.807, 2.05) is 42.5 Å². The van der Waals surface area contributed by atoms with Gasteiger partial charge in [-0.15, -0.1) is 0 Å². The predicted octanol–water partition coefficient (Wildman–Crippen LogP) is 2.98. The van der Waals surface area contributed by atoms with Crippen LogP contribution in [0.25, 0.3) is 0 Å². The molecule has 140 valence electrons. The Morgan fingerprint density at radius 2 is 1.85 bits per heavy atom. The average molecular weight is 365 g/mol. The topological polar surface area (TPSA) is 55.8 Å². The summed E-state index contributed by atoms with van der Waals surface area (Å²) in [6.45, 7) is 1.74. The van der Waals surface area contributed by atoms with Gasteiger partial charge in [0.05, 0.1) is 11.7 Å². The second-order valence-electron chi connectivity index (χ2n) is 7.09. The lowest BCUT2D eigenvalue weighted by Gasteiger charge is -2.31. The van der Waals surface area contributed by atoms with Crippen molar-refractivity contribution in [2.24, 2.45) is 0 Å². The number of amides is 1. The molecule has 5 nitrogen and oxygen atoms in total. The Hall–Kier alpha value is -2.66. The molecule has 2 aliphatic heterocycles. The van der Waals surface area contributed by atoms with Gasteiger partial charge >= 0.3 is 5.97 Å². The molecule has 0 unspecified atom stereocenters. The number of carbonyl (C=O) groups excluding carboxylic acids is 2. The summed E-state index contributed by atoms with van der Waals surface area (Å²) in [6.07, 6.45) is 1.65. The van der Waals surface area contributed by atoms with Gasteiger partial charge < -0.3 is 14.4 Å². The Labute approximate surface area is 158 Å². The lowest BCUT2D eigenvalue weighted by molar-refractivity contribution is -0.143. The molecule has 2 aromatic carbocycles. The summed E-state index contributed by atoms with van der Waals surface area (Å²) in [5.74, 6) is -0.579. The number of nitrogens with zero attached hydrogens (tertiary/aromatic N) is 1. The molecule has 0 spiro atoms. The molecule has 2 aliphatic rings. The molecule has 1 saturated heterocycles. The van der Waals surface area contributed by atoms with E-state index in [1.165, 1.54) is 0 Å². The summed E-state index contributed by atoms with van der Waals surface area (Å²) in [6, 6.07) is 17.2. The summed E-state index contributed by atoms with van der Waals surface area (Å²) in [5, 5.41) is 0. The van der Waals surface area contributed by atoms with E-state index in [0.29, 0.717) is 25.1 Å². The van der Waals surface area contributed by atoms with Crippen LogP contribution in [0.15, 0.2) is 54.6 Å². The maximum Gasteiger partial charge on any atom is 0.339 e. The van der Waals surface area contributed by atoms with Crippen LogP contribution < -0.4 is 0 Å². The normalized spacial score (nSPS) is 21.4. The molecule has 5 heteroatoms. The molecule has 0 aliphatic carbocycles. The van der Waals surface area contributed by atoms with Crippen molar-refractivity contribution in [1.82, 2.24) is 4.90 Å². The van der Waals surface area contributed by atoms with E-state index >= 15 is 0 Å². The third-order valence-electron chi connectivity index (χ3n) is 5.14. The van der Waals surface area contributed by atoms with Gasteiger partial charge in [0, 0.05) is 26.1 Å². The maximum absolute atomic E-state index is 13.2. The third-order valence-corrected chi connectivity index (χ3v) is 5.14. The predicted molar refractivity (Wildman–Crippen MR) is 100 cm³/mol. The number of ether oxygens (including phenoxy) is 2. The molecule has 0 radical (unpaired) electrons. The van der Waals surface area contributed by atoms with E-state index in [2.05, 4.69) is 0 Å². The van der Waals surface area contributed by atoms with Gasteiger partial charge in [-0.25, -0.2) is 4.79 Å². The molecule has 2 heterocycles. The summed E-state index contributed by atoms with van der Waals surface area (Å²) in [4.78, 5) is 27.3. The fourth-order valence-corrected chi connectivity index (χ4v) is 3.74. The quantitative estimate of drug-likeness (QED) is 0.765. The number of carbonyl (C=O) groups is 2. The van der Waals surface area contributed by atoms with Gasteiger partial charge in [0.1, 0.15) is 0 Å². The Kier molecular flexibility index (Phi) is 5.21. The highest BCUT2D eigenvalue weighted by Gasteiger charge is 2.35. The van der Waals surface area contributed by atoms with Crippen LogP contribution >= 0.6 is 0 Å². The number of fused-ring (bicyclic) bond motifs is 1. The van der Waals surface area contributed by atoms with Crippen molar-refractivity contribution in [1.29, 1.82) is 0 Å².